The number of thiazole rings is 1. The lowest BCUT2D eigenvalue weighted by molar-refractivity contribution is 0.397. The lowest BCUT2D eigenvalue weighted by atomic mass is 10.2. The van der Waals surface area contributed by atoms with Crippen LogP contribution in [0.4, 0.5) is 0 Å². The quantitative estimate of drug-likeness (QED) is 0.850. The van der Waals surface area contributed by atoms with Gasteiger partial charge in [-0.15, -0.1) is 11.3 Å². The van der Waals surface area contributed by atoms with Crippen LogP contribution < -0.4 is 10.1 Å². The second kappa shape index (κ2) is 7.31. The standard InChI is InChI=1S/C14H20N4OS/c1-4-6-10-12(8-15-5-2)20-14(18-10)11-7-13(19-3)17-9-16-11/h7,9,15H,4-6,8H2,1-3H3. The van der Waals surface area contributed by atoms with Crippen LogP contribution in [0.3, 0.4) is 0 Å². The third-order valence-corrected chi connectivity index (χ3v) is 3.99. The third kappa shape index (κ3) is 3.52. The number of methoxy groups -OCH3 is 1. The second-order valence-electron chi connectivity index (χ2n) is 4.36. The highest BCUT2D eigenvalue weighted by atomic mass is 32.1. The van der Waals surface area contributed by atoms with Gasteiger partial charge in [-0.3, -0.25) is 0 Å². The molecule has 0 aliphatic carbocycles. The van der Waals surface area contributed by atoms with E-state index in [9.17, 15) is 0 Å². The van der Waals surface area contributed by atoms with Crippen molar-refractivity contribution in [1.82, 2.24) is 20.3 Å². The number of hydrogen-bond donors (Lipinski definition) is 1. The van der Waals surface area contributed by atoms with Crippen LogP contribution in [0.2, 0.25) is 0 Å². The van der Waals surface area contributed by atoms with Gasteiger partial charge in [-0.05, 0) is 13.0 Å². The molecule has 0 aliphatic heterocycles. The Bertz CT molecular complexity index is 556. The van der Waals surface area contributed by atoms with Crippen LogP contribution in [0.25, 0.3) is 10.7 Å². The summed E-state index contributed by atoms with van der Waals surface area (Å²) in [6, 6.07) is 1.82. The average molecular weight is 292 g/mol. The van der Waals surface area contributed by atoms with Crippen molar-refractivity contribution in [2.75, 3.05) is 13.7 Å². The van der Waals surface area contributed by atoms with Crippen molar-refractivity contribution in [2.45, 2.75) is 33.2 Å². The molecule has 0 atom stereocenters. The minimum Gasteiger partial charge on any atom is -0.481 e. The molecule has 2 rings (SSSR count). The zero-order chi connectivity index (χ0) is 14.4. The van der Waals surface area contributed by atoms with Gasteiger partial charge in [0.25, 0.3) is 0 Å². The van der Waals surface area contributed by atoms with Crippen LogP contribution in [0.15, 0.2) is 12.4 Å². The molecule has 0 unspecified atom stereocenters. The van der Waals surface area contributed by atoms with Crippen molar-refractivity contribution in [2.24, 2.45) is 0 Å². The van der Waals surface area contributed by atoms with Crippen molar-refractivity contribution < 1.29 is 4.74 Å². The van der Waals surface area contributed by atoms with E-state index in [1.54, 1.807) is 18.4 Å². The molecule has 0 spiro atoms. The Hall–Kier alpha value is -1.53. The molecule has 108 valence electrons. The number of ether oxygens (including phenoxy) is 1. The molecule has 2 aromatic rings. The number of nitrogens with zero attached hydrogens (tertiary/aromatic N) is 3. The maximum absolute atomic E-state index is 5.14. The zero-order valence-electron chi connectivity index (χ0n) is 12.1. The first-order valence-electron chi connectivity index (χ1n) is 6.84. The highest BCUT2D eigenvalue weighted by Gasteiger charge is 2.13. The SMILES string of the molecule is CCCc1nc(-c2cc(OC)ncn2)sc1CNCC. The first kappa shape index (κ1) is 14.9. The highest BCUT2D eigenvalue weighted by Crippen LogP contribution is 2.28. The molecule has 0 aromatic carbocycles. The fourth-order valence-electron chi connectivity index (χ4n) is 1.87. The molecule has 1 N–H and O–H groups in total. The molecule has 0 saturated heterocycles. The molecule has 20 heavy (non-hydrogen) atoms. The summed E-state index contributed by atoms with van der Waals surface area (Å²) in [6.07, 6.45) is 3.61. The summed E-state index contributed by atoms with van der Waals surface area (Å²) >= 11 is 1.69. The van der Waals surface area contributed by atoms with Gasteiger partial charge in [0, 0.05) is 17.5 Å². The van der Waals surface area contributed by atoms with Crippen LogP contribution >= 0.6 is 11.3 Å². The Morgan fingerprint density at radius 3 is 2.85 bits per heavy atom. The van der Waals surface area contributed by atoms with Gasteiger partial charge in [-0.2, -0.15) is 0 Å². The fraction of sp³-hybridized carbons (Fsp3) is 0.500. The normalized spacial score (nSPS) is 10.8. The van der Waals surface area contributed by atoms with Crippen molar-refractivity contribution in [3.8, 4) is 16.6 Å². The van der Waals surface area contributed by atoms with Crippen molar-refractivity contribution in [1.29, 1.82) is 0 Å². The van der Waals surface area contributed by atoms with Crippen molar-refractivity contribution in [3.05, 3.63) is 23.0 Å². The van der Waals surface area contributed by atoms with Gasteiger partial charge in [0.2, 0.25) is 5.88 Å². The topological polar surface area (TPSA) is 59.9 Å². The Morgan fingerprint density at radius 1 is 1.30 bits per heavy atom. The summed E-state index contributed by atoms with van der Waals surface area (Å²) < 4.78 is 5.14. The largest absolute Gasteiger partial charge is 0.481 e. The summed E-state index contributed by atoms with van der Waals surface area (Å²) in [5, 5.41) is 4.30. The number of nitrogens with one attached hydrogen (secondary N) is 1. The molecule has 6 heteroatoms. The molecule has 0 bridgehead atoms. The van der Waals surface area contributed by atoms with E-state index in [2.05, 4.69) is 29.1 Å². The van der Waals surface area contributed by atoms with Crippen LogP contribution in [-0.4, -0.2) is 28.6 Å². The predicted octanol–water partition coefficient (Wildman–Crippen LogP) is 2.67. The maximum atomic E-state index is 5.14. The number of hydrogen-bond acceptors (Lipinski definition) is 6. The summed E-state index contributed by atoms with van der Waals surface area (Å²) in [4.78, 5) is 14.3. The van der Waals surface area contributed by atoms with Crippen molar-refractivity contribution >= 4 is 11.3 Å². The van der Waals surface area contributed by atoms with E-state index in [4.69, 9.17) is 9.72 Å². The van der Waals surface area contributed by atoms with Gasteiger partial charge in [0.05, 0.1) is 12.8 Å². The van der Waals surface area contributed by atoms with E-state index in [0.717, 1.165) is 36.6 Å². The second-order valence-corrected chi connectivity index (χ2v) is 5.45. The first-order valence-corrected chi connectivity index (χ1v) is 7.65. The summed E-state index contributed by atoms with van der Waals surface area (Å²) in [7, 11) is 1.60. The van der Waals surface area contributed by atoms with Crippen LogP contribution in [-0.2, 0) is 13.0 Å². The fourth-order valence-corrected chi connectivity index (χ4v) is 2.91. The molecular formula is C14H20N4OS. The molecule has 0 saturated carbocycles. The maximum Gasteiger partial charge on any atom is 0.216 e. The lowest BCUT2D eigenvalue weighted by Crippen LogP contribution is -2.11. The van der Waals surface area contributed by atoms with E-state index in [-0.39, 0.29) is 0 Å². The molecule has 0 aliphatic rings. The van der Waals surface area contributed by atoms with Crippen molar-refractivity contribution in [3.63, 3.8) is 0 Å². The highest BCUT2D eigenvalue weighted by molar-refractivity contribution is 7.15. The minimum absolute atomic E-state index is 0.565. The van der Waals surface area contributed by atoms with Gasteiger partial charge in [0.1, 0.15) is 17.0 Å². The molecular weight excluding hydrogens is 272 g/mol. The van der Waals surface area contributed by atoms with Gasteiger partial charge < -0.3 is 10.1 Å². The summed E-state index contributed by atoms with van der Waals surface area (Å²) in [5.74, 6) is 0.565. The smallest absolute Gasteiger partial charge is 0.216 e. The molecule has 0 amide bonds. The number of aryl methyl sites for hydroxylation is 1. The molecule has 5 nitrogen and oxygen atoms in total. The Kier molecular flexibility index (Phi) is 5.43. The van der Waals surface area contributed by atoms with Crippen LogP contribution in [0.1, 0.15) is 30.8 Å². The van der Waals surface area contributed by atoms with Crippen LogP contribution in [0, 0.1) is 0 Å². The molecule has 2 heterocycles. The Labute approximate surface area is 123 Å². The third-order valence-electron chi connectivity index (χ3n) is 2.87. The van der Waals surface area contributed by atoms with Gasteiger partial charge in [-0.1, -0.05) is 20.3 Å². The van der Waals surface area contributed by atoms with Gasteiger partial charge in [-0.25, -0.2) is 15.0 Å². The van der Waals surface area contributed by atoms with Gasteiger partial charge >= 0.3 is 0 Å². The van der Waals surface area contributed by atoms with E-state index in [1.807, 2.05) is 6.07 Å². The predicted molar refractivity (Wildman–Crippen MR) is 81.1 cm³/mol. The molecule has 0 radical (unpaired) electrons. The summed E-state index contributed by atoms with van der Waals surface area (Å²) in [6.45, 7) is 6.10. The first-order chi connectivity index (χ1) is 9.78. The Balaban J connectivity index is 2.30. The lowest BCUT2D eigenvalue weighted by Gasteiger charge is -2.00. The summed E-state index contributed by atoms with van der Waals surface area (Å²) in [5.41, 5.74) is 1.99. The zero-order valence-corrected chi connectivity index (χ0v) is 13.0. The average Bonchev–Trinajstić information content (AvgIpc) is 2.89. The van der Waals surface area contributed by atoms with E-state index < -0.39 is 0 Å². The Morgan fingerprint density at radius 2 is 2.15 bits per heavy atom. The molecule has 2 aromatic heterocycles. The van der Waals surface area contributed by atoms with E-state index in [1.165, 1.54) is 16.9 Å². The molecule has 0 fully saturated rings. The number of aromatic nitrogens is 3. The monoisotopic (exact) mass is 292 g/mol. The van der Waals surface area contributed by atoms with E-state index >= 15 is 0 Å². The number of rotatable bonds is 7. The minimum atomic E-state index is 0.565. The van der Waals surface area contributed by atoms with Crippen LogP contribution in [0.5, 0.6) is 5.88 Å². The van der Waals surface area contributed by atoms with Gasteiger partial charge in [0.15, 0.2) is 0 Å². The van der Waals surface area contributed by atoms with E-state index in [0.29, 0.717) is 5.88 Å².